The van der Waals surface area contributed by atoms with Gasteiger partial charge in [-0.2, -0.15) is 0 Å². The van der Waals surface area contributed by atoms with Crippen LogP contribution in [0.1, 0.15) is 6.04 Å². The lowest BCUT2D eigenvalue weighted by Crippen LogP contribution is -2.56. The highest BCUT2D eigenvalue weighted by molar-refractivity contribution is 8.00. The topological polar surface area (TPSA) is 119 Å². The summed E-state index contributed by atoms with van der Waals surface area (Å²) >= 11 is 1.14. The number of likely N-dealkylation sites (N-methyl/N-ethyl adjacent to an activating group) is 1. The number of carbonyl (C=O) groups excluding carboxylic acids is 1. The zero-order valence-corrected chi connectivity index (χ0v) is 19.7. The smallest absolute Gasteiger partial charge is 0.232 e. The van der Waals surface area contributed by atoms with Crippen LogP contribution in [0.2, 0.25) is 0 Å². The number of aliphatic hydroxyl groups is 2. The number of hydrogen-bond donors (Lipinski definition) is 2. The Labute approximate surface area is 202 Å². The average Bonchev–Trinajstić information content (AvgIpc) is 3.29. The van der Waals surface area contributed by atoms with Crippen LogP contribution in [0, 0.1) is 17.5 Å². The minimum absolute atomic E-state index is 0.0167. The molecule has 3 heterocycles. The van der Waals surface area contributed by atoms with Crippen molar-refractivity contribution in [2.75, 3.05) is 39.7 Å². The van der Waals surface area contributed by atoms with Crippen molar-refractivity contribution in [3.63, 3.8) is 0 Å². The number of methoxy groups -OCH3 is 1. The lowest BCUT2D eigenvalue weighted by Gasteiger charge is -2.43. The van der Waals surface area contributed by atoms with Gasteiger partial charge in [0.25, 0.3) is 0 Å². The Balaban J connectivity index is 1.55. The number of ether oxygens (including phenoxy) is 3. The first-order valence-corrected chi connectivity index (χ1v) is 11.8. The second-order valence-electron chi connectivity index (χ2n) is 8.25. The Kier molecular flexibility index (Phi) is 7.98. The van der Waals surface area contributed by atoms with E-state index >= 15 is 0 Å². The van der Waals surface area contributed by atoms with Crippen LogP contribution >= 0.6 is 11.8 Å². The van der Waals surface area contributed by atoms with Crippen molar-refractivity contribution in [1.82, 2.24) is 19.9 Å². The van der Waals surface area contributed by atoms with Crippen molar-refractivity contribution in [2.45, 2.75) is 35.8 Å². The lowest BCUT2D eigenvalue weighted by atomic mass is 9.97. The number of benzene rings is 1. The van der Waals surface area contributed by atoms with Crippen molar-refractivity contribution in [2.24, 2.45) is 0 Å². The van der Waals surface area contributed by atoms with Crippen LogP contribution in [0.15, 0.2) is 18.3 Å². The first-order chi connectivity index (χ1) is 16.7. The molecule has 0 saturated carbocycles. The highest BCUT2D eigenvalue weighted by Crippen LogP contribution is 2.37. The van der Waals surface area contributed by atoms with Gasteiger partial charge in [-0.15, -0.1) is 16.9 Å². The van der Waals surface area contributed by atoms with Gasteiger partial charge in [0, 0.05) is 19.7 Å². The monoisotopic (exact) mass is 518 g/mol. The number of nitrogens with zero attached hydrogens (tertiary/aromatic N) is 4. The van der Waals surface area contributed by atoms with Crippen LogP contribution in [-0.4, -0.2) is 106 Å². The fourth-order valence-electron chi connectivity index (χ4n) is 3.91. The molecule has 2 aliphatic heterocycles. The van der Waals surface area contributed by atoms with E-state index in [2.05, 4.69) is 10.3 Å². The van der Waals surface area contributed by atoms with Gasteiger partial charge in [0.05, 0.1) is 37.8 Å². The second-order valence-corrected chi connectivity index (χ2v) is 9.34. The average molecular weight is 519 g/mol. The predicted octanol–water partition coefficient (Wildman–Crippen LogP) is 0.587. The molecule has 14 heteroatoms. The van der Waals surface area contributed by atoms with Crippen molar-refractivity contribution in [3.05, 3.63) is 35.8 Å². The van der Waals surface area contributed by atoms with Gasteiger partial charge in [0.1, 0.15) is 35.5 Å². The van der Waals surface area contributed by atoms with Crippen LogP contribution in [0.5, 0.6) is 0 Å². The van der Waals surface area contributed by atoms with Crippen LogP contribution in [0.4, 0.5) is 13.2 Å². The summed E-state index contributed by atoms with van der Waals surface area (Å²) in [6, 6.07) is 0.660. The maximum Gasteiger partial charge on any atom is 0.232 e. The van der Waals surface area contributed by atoms with Gasteiger partial charge in [-0.3, -0.25) is 4.79 Å². The first kappa shape index (κ1) is 25.9. The molecule has 5 atom stereocenters. The summed E-state index contributed by atoms with van der Waals surface area (Å²) in [6.45, 7) is 0.435. The quantitative estimate of drug-likeness (QED) is 0.484. The summed E-state index contributed by atoms with van der Waals surface area (Å²) in [7, 11) is 3.08. The van der Waals surface area contributed by atoms with Gasteiger partial charge in [-0.05, 0) is 12.1 Å². The summed E-state index contributed by atoms with van der Waals surface area (Å²) in [5.74, 6) is -4.45. The third-order valence-corrected chi connectivity index (χ3v) is 7.25. The van der Waals surface area contributed by atoms with Crippen LogP contribution in [-0.2, 0) is 19.0 Å². The lowest BCUT2D eigenvalue weighted by molar-refractivity contribution is -0.186. The van der Waals surface area contributed by atoms with E-state index in [4.69, 9.17) is 14.2 Å². The molecule has 1 aromatic heterocycles. The van der Waals surface area contributed by atoms with Crippen LogP contribution in [0.25, 0.3) is 11.3 Å². The molecule has 0 aliphatic carbocycles. The molecule has 192 valence electrons. The fraction of sp³-hybridized carbons (Fsp3) is 0.571. The molecule has 0 unspecified atom stereocenters. The Morgan fingerprint density at radius 2 is 2.00 bits per heavy atom. The van der Waals surface area contributed by atoms with Gasteiger partial charge < -0.3 is 29.3 Å². The van der Waals surface area contributed by atoms with E-state index in [0.29, 0.717) is 13.2 Å². The number of halogens is 3. The zero-order valence-electron chi connectivity index (χ0n) is 18.9. The number of aromatic nitrogens is 3. The van der Waals surface area contributed by atoms with Gasteiger partial charge in [0.15, 0.2) is 17.5 Å². The summed E-state index contributed by atoms with van der Waals surface area (Å²) in [5, 5.41) is 28.5. The van der Waals surface area contributed by atoms with Crippen LogP contribution < -0.4 is 0 Å². The number of aliphatic hydroxyl groups excluding tert-OH is 2. The molecule has 4 rings (SSSR count). The standard InChI is InChI=1S/C21H25F3N4O6S/c1-27(11-7-33-8-11)16(30)9-35-21-20(32-2)18(19(31)15(6-29)34-21)28-5-14(25-26-28)10-3-12(22)17(24)13(23)4-10/h3-5,11,15,18-21,29,31H,6-9H2,1-2H3/t15-,18+,19+,20-,21+/m1/s1. The molecule has 1 aromatic carbocycles. The van der Waals surface area contributed by atoms with E-state index in [1.54, 1.807) is 11.9 Å². The van der Waals surface area contributed by atoms with Gasteiger partial charge in [-0.25, -0.2) is 17.9 Å². The molecule has 0 bridgehead atoms. The van der Waals surface area contributed by atoms with Gasteiger partial charge >= 0.3 is 0 Å². The van der Waals surface area contributed by atoms with E-state index in [-0.39, 0.29) is 29.0 Å². The second kappa shape index (κ2) is 10.8. The molecule has 35 heavy (non-hydrogen) atoms. The summed E-state index contributed by atoms with van der Waals surface area (Å²) < 4.78 is 58.4. The highest BCUT2D eigenvalue weighted by atomic mass is 32.2. The van der Waals surface area contributed by atoms with E-state index in [1.807, 2.05) is 0 Å². The molecule has 2 fully saturated rings. The molecule has 10 nitrogen and oxygen atoms in total. The number of rotatable bonds is 8. The molecule has 2 saturated heterocycles. The minimum atomic E-state index is -1.60. The Bertz CT molecular complexity index is 1030. The molecule has 2 aliphatic rings. The fourth-order valence-corrected chi connectivity index (χ4v) is 5.11. The van der Waals surface area contributed by atoms with Crippen molar-refractivity contribution < 1.29 is 42.4 Å². The van der Waals surface area contributed by atoms with E-state index in [9.17, 15) is 28.2 Å². The third kappa shape index (κ3) is 5.17. The van der Waals surface area contributed by atoms with E-state index in [0.717, 1.165) is 23.9 Å². The van der Waals surface area contributed by atoms with E-state index < -0.39 is 53.8 Å². The van der Waals surface area contributed by atoms with Crippen molar-refractivity contribution in [3.8, 4) is 11.3 Å². The molecule has 2 N–H and O–H groups in total. The normalized spacial score (nSPS) is 27.0. The summed E-state index contributed by atoms with van der Waals surface area (Å²) in [6.07, 6.45) is -1.82. The van der Waals surface area contributed by atoms with Gasteiger partial charge in [-0.1, -0.05) is 5.21 Å². The molecule has 1 amide bonds. The SMILES string of the molecule is CO[C@@H]1[C@@H](n2cc(-c3cc(F)c(F)c(F)c3)nn2)[C@@H](O)[C@@H](CO)O[C@H]1SCC(=O)N(C)C1COC1. The number of hydrogen-bond acceptors (Lipinski definition) is 9. The molecule has 2 aromatic rings. The molecule has 0 radical (unpaired) electrons. The minimum Gasteiger partial charge on any atom is -0.394 e. The number of thioether (sulfide) groups is 1. The van der Waals surface area contributed by atoms with E-state index in [1.165, 1.54) is 18.0 Å². The van der Waals surface area contributed by atoms with Crippen molar-refractivity contribution >= 4 is 17.7 Å². The first-order valence-electron chi connectivity index (χ1n) is 10.7. The highest BCUT2D eigenvalue weighted by Gasteiger charge is 2.47. The van der Waals surface area contributed by atoms with Crippen molar-refractivity contribution in [1.29, 1.82) is 0 Å². The van der Waals surface area contributed by atoms with Gasteiger partial charge in [0.2, 0.25) is 5.91 Å². The Morgan fingerprint density at radius 1 is 1.31 bits per heavy atom. The van der Waals surface area contributed by atoms with Crippen LogP contribution in [0.3, 0.4) is 0 Å². The third-order valence-electron chi connectivity index (χ3n) is 6.12. The molecule has 0 spiro atoms. The molecular formula is C21H25F3N4O6S. The Hall–Kier alpha value is -2.23. The number of amides is 1. The maximum atomic E-state index is 13.7. The Morgan fingerprint density at radius 3 is 2.57 bits per heavy atom. The summed E-state index contributed by atoms with van der Waals surface area (Å²) in [5.41, 5.74) is -0.795. The summed E-state index contributed by atoms with van der Waals surface area (Å²) in [4.78, 5) is 14.2. The number of carbonyl (C=O) groups is 1. The maximum absolute atomic E-state index is 13.7. The predicted molar refractivity (Wildman–Crippen MR) is 117 cm³/mol. The largest absolute Gasteiger partial charge is 0.394 e. The molecular weight excluding hydrogens is 493 g/mol. The zero-order chi connectivity index (χ0) is 25.3.